The lowest BCUT2D eigenvalue weighted by atomic mass is 10.1. The fraction of sp³-hybridized carbons (Fsp3) is 0.294. The number of aliphatic hydroxyl groups is 1. The zero-order valence-corrected chi connectivity index (χ0v) is 11.9. The summed E-state index contributed by atoms with van der Waals surface area (Å²) < 4.78 is 27.0. The van der Waals surface area contributed by atoms with Gasteiger partial charge >= 0.3 is 0 Å². The molecule has 0 aliphatic heterocycles. The predicted molar refractivity (Wildman–Crippen MR) is 79.1 cm³/mol. The Labute approximate surface area is 123 Å². The van der Waals surface area contributed by atoms with E-state index >= 15 is 0 Å². The van der Waals surface area contributed by atoms with Crippen molar-refractivity contribution in [3.05, 3.63) is 70.8 Å². The SMILES string of the molecule is Cc1ccccc1CCNCC(O)c1c(F)cccc1F. The Bertz CT molecular complexity index is 581. The minimum absolute atomic E-state index is 0.115. The Kier molecular flexibility index (Phi) is 5.42. The van der Waals surface area contributed by atoms with Crippen LogP contribution >= 0.6 is 0 Å². The summed E-state index contributed by atoms with van der Waals surface area (Å²) in [7, 11) is 0. The second-order valence-corrected chi connectivity index (χ2v) is 5.03. The van der Waals surface area contributed by atoms with E-state index in [0.29, 0.717) is 6.54 Å². The van der Waals surface area contributed by atoms with E-state index in [4.69, 9.17) is 0 Å². The first-order valence-corrected chi connectivity index (χ1v) is 6.97. The molecule has 4 heteroatoms. The molecule has 0 spiro atoms. The lowest BCUT2D eigenvalue weighted by molar-refractivity contribution is 0.165. The van der Waals surface area contributed by atoms with Gasteiger partial charge in [0.15, 0.2) is 0 Å². The van der Waals surface area contributed by atoms with Crippen LogP contribution < -0.4 is 5.32 Å². The Morgan fingerprint density at radius 3 is 2.38 bits per heavy atom. The van der Waals surface area contributed by atoms with Gasteiger partial charge in [-0.25, -0.2) is 8.78 Å². The Balaban J connectivity index is 1.85. The van der Waals surface area contributed by atoms with E-state index in [1.54, 1.807) is 0 Å². The number of benzene rings is 2. The number of halogens is 2. The summed E-state index contributed by atoms with van der Waals surface area (Å²) >= 11 is 0. The van der Waals surface area contributed by atoms with Crippen molar-refractivity contribution in [3.63, 3.8) is 0 Å². The summed E-state index contributed by atoms with van der Waals surface area (Å²) in [6, 6.07) is 11.6. The van der Waals surface area contributed by atoms with Gasteiger partial charge in [0.1, 0.15) is 11.6 Å². The van der Waals surface area contributed by atoms with Gasteiger partial charge < -0.3 is 10.4 Å². The summed E-state index contributed by atoms with van der Waals surface area (Å²) in [5.74, 6) is -1.44. The average Bonchev–Trinajstić information content (AvgIpc) is 2.45. The summed E-state index contributed by atoms with van der Waals surface area (Å²) in [6.07, 6.45) is -0.387. The Morgan fingerprint density at radius 2 is 1.71 bits per heavy atom. The molecule has 0 aliphatic rings. The number of hydrogen-bond acceptors (Lipinski definition) is 2. The molecule has 2 rings (SSSR count). The molecule has 2 aromatic rings. The van der Waals surface area contributed by atoms with Crippen molar-refractivity contribution in [1.82, 2.24) is 5.32 Å². The van der Waals surface area contributed by atoms with Gasteiger partial charge in [0, 0.05) is 6.54 Å². The van der Waals surface area contributed by atoms with Crippen LogP contribution in [0.1, 0.15) is 22.8 Å². The van der Waals surface area contributed by atoms with Crippen LogP contribution in [0, 0.1) is 18.6 Å². The summed E-state index contributed by atoms with van der Waals surface area (Å²) in [4.78, 5) is 0. The van der Waals surface area contributed by atoms with Gasteiger partial charge in [-0.2, -0.15) is 0 Å². The quantitative estimate of drug-likeness (QED) is 0.801. The molecule has 21 heavy (non-hydrogen) atoms. The molecule has 0 aromatic heterocycles. The largest absolute Gasteiger partial charge is 0.387 e. The standard InChI is InChI=1S/C17H19F2NO/c1-12-5-2-3-6-13(12)9-10-20-11-16(21)17-14(18)7-4-8-15(17)19/h2-8,16,20-21H,9-11H2,1H3. The number of hydrogen-bond donors (Lipinski definition) is 2. The molecule has 112 valence electrons. The first kappa shape index (κ1) is 15.6. The maximum Gasteiger partial charge on any atom is 0.131 e. The van der Waals surface area contributed by atoms with Gasteiger partial charge in [0.05, 0.1) is 11.7 Å². The Hall–Kier alpha value is -1.78. The maximum absolute atomic E-state index is 13.5. The summed E-state index contributed by atoms with van der Waals surface area (Å²) in [6.45, 7) is 2.79. The van der Waals surface area contributed by atoms with Crippen LogP contribution in [0.25, 0.3) is 0 Å². The van der Waals surface area contributed by atoms with Crippen LogP contribution in [0.15, 0.2) is 42.5 Å². The van der Waals surface area contributed by atoms with Crippen LogP contribution in [0.3, 0.4) is 0 Å². The van der Waals surface area contributed by atoms with E-state index < -0.39 is 17.7 Å². The van der Waals surface area contributed by atoms with E-state index in [9.17, 15) is 13.9 Å². The predicted octanol–water partition coefficient (Wildman–Crippen LogP) is 3.14. The summed E-state index contributed by atoms with van der Waals surface area (Å²) in [5.41, 5.74) is 2.15. The number of aryl methyl sites for hydroxylation is 1. The van der Waals surface area contributed by atoms with Crippen LogP contribution in [-0.2, 0) is 6.42 Å². The minimum atomic E-state index is -1.19. The molecular weight excluding hydrogens is 272 g/mol. The van der Waals surface area contributed by atoms with Crippen molar-refractivity contribution >= 4 is 0 Å². The molecule has 2 N–H and O–H groups in total. The van der Waals surface area contributed by atoms with Crippen LogP contribution in [0.2, 0.25) is 0 Å². The van der Waals surface area contributed by atoms with E-state index in [1.165, 1.54) is 17.2 Å². The zero-order valence-electron chi connectivity index (χ0n) is 11.9. The van der Waals surface area contributed by atoms with Gasteiger partial charge in [-0.15, -0.1) is 0 Å². The van der Waals surface area contributed by atoms with E-state index in [-0.39, 0.29) is 12.1 Å². The fourth-order valence-corrected chi connectivity index (χ4v) is 2.28. The third kappa shape index (κ3) is 4.09. The third-order valence-electron chi connectivity index (χ3n) is 3.50. The van der Waals surface area contributed by atoms with Crippen molar-refractivity contribution < 1.29 is 13.9 Å². The van der Waals surface area contributed by atoms with Crippen molar-refractivity contribution in [3.8, 4) is 0 Å². The van der Waals surface area contributed by atoms with E-state index in [1.807, 2.05) is 31.2 Å². The van der Waals surface area contributed by atoms with E-state index in [0.717, 1.165) is 18.6 Å². The van der Waals surface area contributed by atoms with Gasteiger partial charge in [0.25, 0.3) is 0 Å². The van der Waals surface area contributed by atoms with Crippen molar-refractivity contribution in [2.75, 3.05) is 13.1 Å². The molecule has 0 heterocycles. The highest BCUT2D eigenvalue weighted by atomic mass is 19.1. The maximum atomic E-state index is 13.5. The second-order valence-electron chi connectivity index (χ2n) is 5.03. The molecule has 0 bridgehead atoms. The van der Waals surface area contributed by atoms with Gasteiger partial charge in [-0.05, 0) is 43.1 Å². The first-order valence-electron chi connectivity index (χ1n) is 6.97. The van der Waals surface area contributed by atoms with Gasteiger partial charge in [0.2, 0.25) is 0 Å². The molecule has 1 atom stereocenters. The zero-order chi connectivity index (χ0) is 15.2. The minimum Gasteiger partial charge on any atom is -0.387 e. The van der Waals surface area contributed by atoms with Crippen molar-refractivity contribution in [2.45, 2.75) is 19.4 Å². The molecule has 0 saturated carbocycles. The topological polar surface area (TPSA) is 32.3 Å². The molecule has 0 aliphatic carbocycles. The number of rotatable bonds is 6. The van der Waals surface area contributed by atoms with Crippen molar-refractivity contribution in [2.24, 2.45) is 0 Å². The van der Waals surface area contributed by atoms with Crippen molar-refractivity contribution in [1.29, 1.82) is 0 Å². The monoisotopic (exact) mass is 291 g/mol. The molecule has 2 nitrogen and oxygen atoms in total. The van der Waals surface area contributed by atoms with E-state index in [2.05, 4.69) is 5.32 Å². The first-order chi connectivity index (χ1) is 10.1. The molecule has 1 unspecified atom stereocenters. The van der Waals surface area contributed by atoms with Gasteiger partial charge in [-0.3, -0.25) is 0 Å². The molecule has 0 fully saturated rings. The molecule has 0 saturated heterocycles. The lowest BCUT2D eigenvalue weighted by Gasteiger charge is -2.14. The highest BCUT2D eigenvalue weighted by molar-refractivity contribution is 5.26. The summed E-state index contributed by atoms with van der Waals surface area (Å²) in [5, 5.41) is 12.9. The Morgan fingerprint density at radius 1 is 1.05 bits per heavy atom. The van der Waals surface area contributed by atoms with Crippen LogP contribution in [0.4, 0.5) is 8.78 Å². The van der Waals surface area contributed by atoms with Crippen LogP contribution in [-0.4, -0.2) is 18.2 Å². The fourth-order valence-electron chi connectivity index (χ4n) is 2.28. The number of nitrogens with one attached hydrogen (secondary N) is 1. The molecular formula is C17H19F2NO. The molecule has 0 radical (unpaired) electrons. The normalized spacial score (nSPS) is 12.4. The lowest BCUT2D eigenvalue weighted by Crippen LogP contribution is -2.25. The van der Waals surface area contributed by atoms with Crippen LogP contribution in [0.5, 0.6) is 0 Å². The number of aliphatic hydroxyl groups excluding tert-OH is 1. The smallest absolute Gasteiger partial charge is 0.131 e. The average molecular weight is 291 g/mol. The molecule has 2 aromatic carbocycles. The molecule has 0 amide bonds. The highest BCUT2D eigenvalue weighted by Crippen LogP contribution is 2.19. The highest BCUT2D eigenvalue weighted by Gasteiger charge is 2.17. The third-order valence-corrected chi connectivity index (χ3v) is 3.50. The second kappa shape index (κ2) is 7.29. The van der Waals surface area contributed by atoms with Gasteiger partial charge in [-0.1, -0.05) is 30.3 Å².